The van der Waals surface area contributed by atoms with E-state index >= 15 is 0 Å². The normalized spacial score (nSPS) is 22.5. The molecule has 25 heavy (non-hydrogen) atoms. The van der Waals surface area contributed by atoms with E-state index in [0.717, 1.165) is 17.4 Å². The number of aliphatic hydroxyl groups excluding tert-OH is 1. The van der Waals surface area contributed by atoms with Gasteiger partial charge >= 0.3 is 0 Å². The molecule has 0 saturated heterocycles. The van der Waals surface area contributed by atoms with E-state index in [1.54, 1.807) is 6.92 Å². The Morgan fingerprint density at radius 1 is 1.36 bits per heavy atom. The van der Waals surface area contributed by atoms with Crippen molar-refractivity contribution in [1.82, 2.24) is 10.2 Å². The van der Waals surface area contributed by atoms with Crippen LogP contribution in [0.15, 0.2) is 22.7 Å². The van der Waals surface area contributed by atoms with E-state index in [2.05, 4.69) is 44.3 Å². The molecule has 0 radical (unpaired) electrons. The minimum atomic E-state index is -0.429. The first kappa shape index (κ1) is 18.9. The van der Waals surface area contributed by atoms with E-state index in [-0.39, 0.29) is 11.9 Å². The molecule has 1 fully saturated rings. The van der Waals surface area contributed by atoms with Crippen molar-refractivity contribution in [3.8, 4) is 0 Å². The first-order chi connectivity index (χ1) is 12.1. The molecule has 5 heteroatoms. The lowest BCUT2D eigenvalue weighted by molar-refractivity contribution is -0.134. The van der Waals surface area contributed by atoms with Crippen molar-refractivity contribution in [3.63, 3.8) is 0 Å². The van der Waals surface area contributed by atoms with Crippen molar-refractivity contribution in [3.05, 3.63) is 33.8 Å². The molecule has 138 valence electrons. The lowest BCUT2D eigenvalue weighted by Gasteiger charge is -2.43. The average Bonchev–Trinajstić information content (AvgIpc) is 2.60. The van der Waals surface area contributed by atoms with Crippen LogP contribution in [0.5, 0.6) is 0 Å². The third-order valence-corrected chi connectivity index (χ3v) is 6.01. The topological polar surface area (TPSA) is 52.6 Å². The fourth-order valence-electron chi connectivity index (χ4n) is 4.35. The van der Waals surface area contributed by atoms with Crippen LogP contribution in [0.2, 0.25) is 0 Å². The third kappa shape index (κ3) is 4.63. The van der Waals surface area contributed by atoms with Crippen molar-refractivity contribution >= 4 is 21.8 Å². The van der Waals surface area contributed by atoms with Crippen molar-refractivity contribution in [1.29, 1.82) is 0 Å². The zero-order chi connectivity index (χ0) is 17.8. The Bertz CT molecular complexity index is 599. The molecule has 0 bridgehead atoms. The zero-order valence-corrected chi connectivity index (χ0v) is 16.6. The molecule has 1 aromatic rings. The SMILES string of the molecule is C[C@@H](O)CNCC(=O)N1CCc2cc(Br)ccc2C1C1CCCCC1. The number of hydrogen-bond donors (Lipinski definition) is 2. The summed E-state index contributed by atoms with van der Waals surface area (Å²) < 4.78 is 1.12. The maximum Gasteiger partial charge on any atom is 0.237 e. The molecule has 1 aliphatic carbocycles. The fourth-order valence-corrected chi connectivity index (χ4v) is 4.76. The smallest absolute Gasteiger partial charge is 0.237 e. The van der Waals surface area contributed by atoms with Gasteiger partial charge < -0.3 is 15.3 Å². The van der Waals surface area contributed by atoms with Crippen LogP contribution in [0, 0.1) is 5.92 Å². The van der Waals surface area contributed by atoms with Gasteiger partial charge in [0.25, 0.3) is 0 Å². The maximum absolute atomic E-state index is 12.9. The number of carbonyl (C=O) groups is 1. The van der Waals surface area contributed by atoms with Crippen LogP contribution < -0.4 is 5.32 Å². The van der Waals surface area contributed by atoms with Gasteiger partial charge in [0.05, 0.1) is 18.7 Å². The minimum absolute atomic E-state index is 0.157. The van der Waals surface area contributed by atoms with Gasteiger partial charge in [-0.15, -0.1) is 0 Å². The lowest BCUT2D eigenvalue weighted by atomic mass is 9.77. The van der Waals surface area contributed by atoms with E-state index in [4.69, 9.17) is 0 Å². The summed E-state index contributed by atoms with van der Waals surface area (Å²) in [6, 6.07) is 6.74. The highest BCUT2D eigenvalue weighted by atomic mass is 79.9. The van der Waals surface area contributed by atoms with E-state index in [0.29, 0.717) is 19.0 Å². The summed E-state index contributed by atoms with van der Waals surface area (Å²) in [5.41, 5.74) is 2.72. The Hall–Kier alpha value is -0.910. The van der Waals surface area contributed by atoms with Gasteiger partial charge in [-0.2, -0.15) is 0 Å². The van der Waals surface area contributed by atoms with Crippen molar-refractivity contribution in [2.24, 2.45) is 5.92 Å². The second kappa shape index (κ2) is 8.65. The highest BCUT2D eigenvalue weighted by Crippen LogP contribution is 2.42. The molecule has 0 aromatic heterocycles. The number of amides is 1. The van der Waals surface area contributed by atoms with Crippen LogP contribution in [0.4, 0.5) is 0 Å². The second-order valence-electron chi connectivity index (χ2n) is 7.50. The van der Waals surface area contributed by atoms with Gasteiger partial charge in [-0.3, -0.25) is 4.79 Å². The summed E-state index contributed by atoms with van der Waals surface area (Å²) in [5, 5.41) is 12.5. The highest BCUT2D eigenvalue weighted by molar-refractivity contribution is 9.10. The monoisotopic (exact) mass is 408 g/mol. The number of benzene rings is 1. The zero-order valence-electron chi connectivity index (χ0n) is 15.0. The average molecular weight is 409 g/mol. The first-order valence-electron chi connectivity index (χ1n) is 9.53. The molecule has 1 aliphatic heterocycles. The molecule has 0 spiro atoms. The fraction of sp³-hybridized carbons (Fsp3) is 0.650. The van der Waals surface area contributed by atoms with Crippen molar-refractivity contribution in [2.75, 3.05) is 19.6 Å². The van der Waals surface area contributed by atoms with Gasteiger partial charge in [-0.1, -0.05) is 41.3 Å². The Balaban J connectivity index is 1.81. The summed E-state index contributed by atoms with van der Waals surface area (Å²) >= 11 is 3.58. The molecule has 1 unspecified atom stereocenters. The minimum Gasteiger partial charge on any atom is -0.392 e. The van der Waals surface area contributed by atoms with Crippen LogP contribution in [0.3, 0.4) is 0 Å². The van der Waals surface area contributed by atoms with E-state index in [1.165, 1.54) is 43.2 Å². The van der Waals surface area contributed by atoms with Crippen molar-refractivity contribution < 1.29 is 9.90 Å². The molecule has 1 heterocycles. The molecule has 1 saturated carbocycles. The van der Waals surface area contributed by atoms with Gasteiger partial charge in [0.1, 0.15) is 0 Å². The van der Waals surface area contributed by atoms with E-state index in [1.807, 2.05) is 0 Å². The molecule has 1 amide bonds. The Kier molecular flexibility index (Phi) is 6.53. The lowest BCUT2D eigenvalue weighted by Crippen LogP contribution is -2.47. The largest absolute Gasteiger partial charge is 0.392 e. The van der Waals surface area contributed by atoms with Crippen LogP contribution in [0.1, 0.15) is 56.2 Å². The summed E-state index contributed by atoms with van der Waals surface area (Å²) in [6.45, 7) is 3.29. The molecule has 2 atom stereocenters. The van der Waals surface area contributed by atoms with Crippen LogP contribution in [-0.2, 0) is 11.2 Å². The molecular formula is C20H29BrN2O2. The number of aliphatic hydroxyl groups is 1. The summed E-state index contributed by atoms with van der Waals surface area (Å²) in [7, 11) is 0. The summed E-state index contributed by atoms with van der Waals surface area (Å²) in [4.78, 5) is 15.0. The Labute approximate surface area is 159 Å². The van der Waals surface area contributed by atoms with E-state index in [9.17, 15) is 9.90 Å². The highest BCUT2D eigenvalue weighted by Gasteiger charge is 2.36. The number of halogens is 1. The second-order valence-corrected chi connectivity index (χ2v) is 8.42. The number of nitrogens with zero attached hydrogens (tertiary/aromatic N) is 1. The standard InChI is InChI=1S/C20H29BrN2O2/c1-14(24)12-22-13-19(25)23-10-9-16-11-17(21)7-8-18(16)20(23)15-5-3-2-4-6-15/h7-8,11,14-15,20,22,24H,2-6,9-10,12-13H2,1H3/t14-,20?/m1/s1. The number of carbonyl (C=O) groups excluding carboxylic acids is 1. The summed E-state index contributed by atoms with van der Waals surface area (Å²) in [6.07, 6.45) is 6.78. The van der Waals surface area contributed by atoms with Crippen molar-refractivity contribution in [2.45, 2.75) is 57.6 Å². The molecule has 3 rings (SSSR count). The predicted octanol–water partition coefficient (Wildman–Crippen LogP) is 3.43. The Morgan fingerprint density at radius 3 is 2.84 bits per heavy atom. The molecule has 2 N–H and O–H groups in total. The molecule has 4 nitrogen and oxygen atoms in total. The first-order valence-corrected chi connectivity index (χ1v) is 10.3. The Morgan fingerprint density at radius 2 is 2.12 bits per heavy atom. The van der Waals surface area contributed by atoms with Crippen LogP contribution >= 0.6 is 15.9 Å². The van der Waals surface area contributed by atoms with Gasteiger partial charge in [0, 0.05) is 17.6 Å². The van der Waals surface area contributed by atoms with Gasteiger partial charge in [-0.05, 0) is 55.4 Å². The van der Waals surface area contributed by atoms with Gasteiger partial charge in [0.15, 0.2) is 0 Å². The van der Waals surface area contributed by atoms with Gasteiger partial charge in [0.2, 0.25) is 5.91 Å². The van der Waals surface area contributed by atoms with Crippen LogP contribution in [0.25, 0.3) is 0 Å². The molecule has 2 aliphatic rings. The quantitative estimate of drug-likeness (QED) is 0.784. The maximum atomic E-state index is 12.9. The summed E-state index contributed by atoms with van der Waals surface area (Å²) in [5.74, 6) is 0.722. The number of fused-ring (bicyclic) bond motifs is 1. The van der Waals surface area contributed by atoms with Crippen LogP contribution in [-0.4, -0.2) is 41.7 Å². The molecule has 1 aromatic carbocycles. The number of nitrogens with one attached hydrogen (secondary N) is 1. The third-order valence-electron chi connectivity index (χ3n) is 5.51. The predicted molar refractivity (Wildman–Crippen MR) is 103 cm³/mol. The number of rotatable bonds is 5. The van der Waals surface area contributed by atoms with E-state index < -0.39 is 6.10 Å². The van der Waals surface area contributed by atoms with Gasteiger partial charge in [-0.25, -0.2) is 0 Å². The molecular weight excluding hydrogens is 380 g/mol. The number of hydrogen-bond acceptors (Lipinski definition) is 3.